The third kappa shape index (κ3) is 5.79. The highest BCUT2D eigenvalue weighted by Crippen LogP contribution is 2.19. The van der Waals surface area contributed by atoms with Gasteiger partial charge in [-0.2, -0.15) is 4.31 Å². The van der Waals surface area contributed by atoms with E-state index in [1.165, 1.54) is 27.4 Å². The van der Waals surface area contributed by atoms with Crippen molar-refractivity contribution in [2.24, 2.45) is 0 Å². The van der Waals surface area contributed by atoms with E-state index in [-0.39, 0.29) is 41.5 Å². The number of ether oxygens (including phenoxy) is 1. The Kier molecular flexibility index (Phi) is 7.25. The van der Waals surface area contributed by atoms with E-state index in [1.807, 2.05) is 6.92 Å². The summed E-state index contributed by atoms with van der Waals surface area (Å²) in [6.07, 6.45) is 1.04. The second kappa shape index (κ2) is 9.62. The Hall–Kier alpha value is -2.76. The van der Waals surface area contributed by atoms with Crippen LogP contribution in [0.3, 0.4) is 0 Å². The Morgan fingerprint density at radius 3 is 2.03 bits per heavy atom. The van der Waals surface area contributed by atoms with Crippen molar-refractivity contribution in [1.82, 2.24) is 9.21 Å². The molecule has 0 spiro atoms. The number of amides is 1. The van der Waals surface area contributed by atoms with Crippen molar-refractivity contribution in [1.29, 1.82) is 0 Å². The summed E-state index contributed by atoms with van der Waals surface area (Å²) in [6, 6.07) is 10.7. The highest BCUT2D eigenvalue weighted by atomic mass is 32.2. The zero-order valence-corrected chi connectivity index (χ0v) is 20.3. The van der Waals surface area contributed by atoms with E-state index in [1.54, 1.807) is 31.2 Å². The van der Waals surface area contributed by atoms with Crippen LogP contribution >= 0.6 is 0 Å². The second-order valence-corrected chi connectivity index (χ2v) is 11.9. The molecule has 11 heteroatoms. The van der Waals surface area contributed by atoms with Crippen LogP contribution in [0.4, 0.5) is 0 Å². The number of sulfonamides is 1. The lowest BCUT2D eigenvalue weighted by molar-refractivity contribution is -0.135. The van der Waals surface area contributed by atoms with Gasteiger partial charge >= 0.3 is 5.97 Å². The van der Waals surface area contributed by atoms with Gasteiger partial charge in [-0.15, -0.1) is 0 Å². The van der Waals surface area contributed by atoms with Crippen LogP contribution < -0.4 is 0 Å². The summed E-state index contributed by atoms with van der Waals surface area (Å²) in [5.74, 6) is -1.25. The first-order chi connectivity index (χ1) is 15.4. The van der Waals surface area contributed by atoms with Crippen LogP contribution in [-0.4, -0.2) is 77.0 Å². The van der Waals surface area contributed by atoms with Crippen LogP contribution in [0.1, 0.15) is 21.5 Å². The first-order valence-electron chi connectivity index (χ1n) is 10.2. The number of nitrogens with zero attached hydrogens (tertiary/aromatic N) is 2. The van der Waals surface area contributed by atoms with Crippen molar-refractivity contribution in [3.05, 3.63) is 59.2 Å². The number of piperazine rings is 1. The number of aryl methyl sites for hydroxylation is 2. The molecule has 0 saturated carbocycles. The first kappa shape index (κ1) is 24.9. The number of esters is 1. The Morgan fingerprint density at radius 2 is 1.45 bits per heavy atom. The third-order valence-electron chi connectivity index (χ3n) is 5.43. The van der Waals surface area contributed by atoms with Gasteiger partial charge in [-0.25, -0.2) is 21.6 Å². The average molecular weight is 495 g/mol. The number of hydrogen-bond acceptors (Lipinski definition) is 7. The molecule has 3 rings (SSSR count). The molecular weight excluding hydrogens is 468 g/mol. The van der Waals surface area contributed by atoms with Crippen LogP contribution in [0.5, 0.6) is 0 Å². The number of carbonyl (C=O) groups excluding carboxylic acids is 2. The molecule has 1 fully saturated rings. The fraction of sp³-hybridized carbons (Fsp3) is 0.364. The van der Waals surface area contributed by atoms with E-state index in [9.17, 15) is 26.4 Å². The van der Waals surface area contributed by atoms with Crippen LogP contribution in [-0.2, 0) is 29.4 Å². The smallest absolute Gasteiger partial charge is 0.338 e. The molecule has 178 valence electrons. The molecule has 9 nitrogen and oxygen atoms in total. The molecule has 0 N–H and O–H groups in total. The zero-order valence-electron chi connectivity index (χ0n) is 18.6. The molecule has 0 bridgehead atoms. The van der Waals surface area contributed by atoms with Gasteiger partial charge in [0.25, 0.3) is 5.91 Å². The van der Waals surface area contributed by atoms with Gasteiger partial charge in [0.05, 0.1) is 15.4 Å². The monoisotopic (exact) mass is 494 g/mol. The summed E-state index contributed by atoms with van der Waals surface area (Å²) in [7, 11) is -7.15. The molecule has 1 aliphatic rings. The van der Waals surface area contributed by atoms with Gasteiger partial charge in [0.2, 0.25) is 10.0 Å². The quantitative estimate of drug-likeness (QED) is 0.557. The van der Waals surface area contributed by atoms with Crippen LogP contribution in [0.15, 0.2) is 52.3 Å². The van der Waals surface area contributed by atoms with Crippen molar-refractivity contribution in [2.75, 3.05) is 39.0 Å². The number of hydrogen-bond donors (Lipinski definition) is 0. The molecule has 0 aromatic heterocycles. The fourth-order valence-electron chi connectivity index (χ4n) is 3.39. The lowest BCUT2D eigenvalue weighted by atomic mass is 10.1. The van der Waals surface area contributed by atoms with Crippen molar-refractivity contribution in [3.63, 3.8) is 0 Å². The summed E-state index contributed by atoms with van der Waals surface area (Å²) < 4.78 is 55.5. The molecule has 1 saturated heterocycles. The Morgan fingerprint density at radius 1 is 0.879 bits per heavy atom. The Bertz CT molecular complexity index is 1260. The maximum Gasteiger partial charge on any atom is 0.338 e. The molecular formula is C22H26N2O7S2. The predicted molar refractivity (Wildman–Crippen MR) is 121 cm³/mol. The Balaban J connectivity index is 1.58. The van der Waals surface area contributed by atoms with Crippen LogP contribution in [0.2, 0.25) is 0 Å². The molecule has 2 aromatic rings. The topological polar surface area (TPSA) is 118 Å². The SMILES string of the molecule is Cc1ccc(S(=O)(=O)N2CCN(C(=O)COC(=O)c3cc(S(C)(=O)=O)ccc3C)CC2)cc1. The molecule has 0 radical (unpaired) electrons. The molecule has 0 atom stereocenters. The maximum absolute atomic E-state index is 12.8. The van der Waals surface area contributed by atoms with E-state index in [4.69, 9.17) is 4.74 Å². The molecule has 0 aliphatic carbocycles. The van der Waals surface area contributed by atoms with Crippen molar-refractivity contribution < 1.29 is 31.2 Å². The van der Waals surface area contributed by atoms with Gasteiger partial charge < -0.3 is 9.64 Å². The second-order valence-electron chi connectivity index (χ2n) is 7.92. The highest BCUT2D eigenvalue weighted by Gasteiger charge is 2.30. The lowest BCUT2D eigenvalue weighted by Crippen LogP contribution is -2.51. The largest absolute Gasteiger partial charge is 0.452 e. The Labute approximate surface area is 193 Å². The van der Waals surface area contributed by atoms with E-state index in [2.05, 4.69) is 0 Å². The van der Waals surface area contributed by atoms with Gasteiger partial charge in [-0.1, -0.05) is 23.8 Å². The first-order valence-corrected chi connectivity index (χ1v) is 13.5. The summed E-state index contributed by atoms with van der Waals surface area (Å²) >= 11 is 0. The molecule has 1 heterocycles. The molecule has 2 aromatic carbocycles. The van der Waals surface area contributed by atoms with E-state index < -0.39 is 38.3 Å². The number of carbonyl (C=O) groups is 2. The van der Waals surface area contributed by atoms with E-state index >= 15 is 0 Å². The van der Waals surface area contributed by atoms with Gasteiger partial charge in [0.1, 0.15) is 0 Å². The van der Waals surface area contributed by atoms with Crippen LogP contribution in [0.25, 0.3) is 0 Å². The lowest BCUT2D eigenvalue weighted by Gasteiger charge is -2.33. The van der Waals surface area contributed by atoms with Crippen LogP contribution in [0, 0.1) is 13.8 Å². The normalized spacial score (nSPS) is 15.3. The van der Waals surface area contributed by atoms with Crippen molar-refractivity contribution >= 4 is 31.7 Å². The summed E-state index contributed by atoms with van der Waals surface area (Å²) in [4.78, 5) is 26.5. The minimum atomic E-state index is -3.65. The summed E-state index contributed by atoms with van der Waals surface area (Å²) in [5.41, 5.74) is 1.55. The number of sulfone groups is 1. The third-order valence-corrected chi connectivity index (χ3v) is 8.46. The summed E-state index contributed by atoms with van der Waals surface area (Å²) in [6.45, 7) is 3.59. The molecule has 1 amide bonds. The summed E-state index contributed by atoms with van der Waals surface area (Å²) in [5, 5.41) is 0. The van der Waals surface area contributed by atoms with Crippen molar-refractivity contribution in [3.8, 4) is 0 Å². The highest BCUT2D eigenvalue weighted by molar-refractivity contribution is 7.90. The maximum atomic E-state index is 12.8. The van der Waals surface area contributed by atoms with Gasteiger partial charge in [0, 0.05) is 32.4 Å². The molecule has 33 heavy (non-hydrogen) atoms. The average Bonchev–Trinajstić information content (AvgIpc) is 2.77. The number of rotatable bonds is 6. The van der Waals surface area contributed by atoms with E-state index in [0.717, 1.165) is 11.8 Å². The standard InChI is InChI=1S/C22H26N2O7S2/c1-16-4-7-18(8-5-16)33(29,30)24-12-10-23(11-13-24)21(25)15-31-22(26)20-14-19(32(3,27)28)9-6-17(20)2/h4-9,14H,10-13,15H2,1-3H3. The van der Waals surface area contributed by atoms with Gasteiger partial charge in [-0.05, 0) is 43.7 Å². The van der Waals surface area contributed by atoms with Gasteiger partial charge in [-0.3, -0.25) is 4.79 Å². The minimum absolute atomic E-state index is 0.0164. The fourth-order valence-corrected chi connectivity index (χ4v) is 5.45. The zero-order chi connectivity index (χ0) is 24.4. The van der Waals surface area contributed by atoms with Gasteiger partial charge in [0.15, 0.2) is 16.4 Å². The molecule has 1 aliphatic heterocycles. The minimum Gasteiger partial charge on any atom is -0.452 e. The van der Waals surface area contributed by atoms with E-state index in [0.29, 0.717) is 5.56 Å². The molecule has 0 unspecified atom stereocenters. The predicted octanol–water partition coefficient (Wildman–Crippen LogP) is 1.40. The number of benzene rings is 2. The van der Waals surface area contributed by atoms with Crippen molar-refractivity contribution in [2.45, 2.75) is 23.6 Å².